The molecule has 2 amide bonds. The maximum atomic E-state index is 13.7. The standard InChI is InChI=1S/C26H22BrNO2/c27-19-11-13-20(14-12-19)28-25(29)23-21(17-7-3-1-4-8-17)15-16-22(24(23)26(28)30)18-9-5-2-6-10-18/h1-14,21-24H,15-16H2/t21-,22+,23-,24-/m1/s1. The van der Waals surface area contributed by atoms with Crippen molar-refractivity contribution in [2.24, 2.45) is 11.8 Å². The van der Waals surface area contributed by atoms with Gasteiger partial charge in [0, 0.05) is 4.47 Å². The van der Waals surface area contributed by atoms with E-state index in [9.17, 15) is 9.59 Å². The summed E-state index contributed by atoms with van der Waals surface area (Å²) in [6.45, 7) is 0. The van der Waals surface area contributed by atoms with Gasteiger partial charge in [-0.05, 0) is 60.1 Å². The molecule has 0 radical (unpaired) electrons. The van der Waals surface area contributed by atoms with Crippen molar-refractivity contribution in [3.05, 3.63) is 101 Å². The summed E-state index contributed by atoms with van der Waals surface area (Å²) in [5.74, 6) is -0.672. The number of hydrogen-bond donors (Lipinski definition) is 0. The average molecular weight is 460 g/mol. The van der Waals surface area contributed by atoms with E-state index in [0.29, 0.717) is 5.69 Å². The summed E-state index contributed by atoms with van der Waals surface area (Å²) in [6, 6.07) is 27.8. The van der Waals surface area contributed by atoms with Crippen LogP contribution in [-0.4, -0.2) is 11.8 Å². The Bertz CT molecular complexity index is 1000. The van der Waals surface area contributed by atoms with Crippen LogP contribution in [0, 0.1) is 11.8 Å². The molecule has 1 heterocycles. The van der Waals surface area contributed by atoms with E-state index in [0.717, 1.165) is 28.4 Å². The fourth-order valence-electron chi connectivity index (χ4n) is 5.27. The molecular weight excluding hydrogens is 438 g/mol. The number of benzene rings is 3. The van der Waals surface area contributed by atoms with E-state index in [2.05, 4.69) is 40.2 Å². The van der Waals surface area contributed by atoms with Crippen molar-refractivity contribution in [2.45, 2.75) is 24.7 Å². The maximum Gasteiger partial charge on any atom is 0.238 e. The molecule has 1 saturated heterocycles. The number of carbonyl (C=O) groups is 2. The Hall–Kier alpha value is -2.72. The Morgan fingerprint density at radius 2 is 1.07 bits per heavy atom. The summed E-state index contributed by atoms with van der Waals surface area (Å²) in [7, 11) is 0. The second kappa shape index (κ2) is 7.84. The lowest BCUT2D eigenvalue weighted by atomic mass is 9.64. The van der Waals surface area contributed by atoms with Gasteiger partial charge < -0.3 is 0 Å². The molecule has 3 aromatic rings. The summed E-state index contributed by atoms with van der Waals surface area (Å²) in [5, 5.41) is 0. The van der Waals surface area contributed by atoms with Crippen molar-refractivity contribution in [3.8, 4) is 0 Å². The molecule has 3 nitrogen and oxygen atoms in total. The molecule has 5 rings (SSSR count). The Kier molecular flexibility index (Phi) is 5.03. The molecule has 0 aromatic heterocycles. The topological polar surface area (TPSA) is 37.4 Å². The molecule has 1 aliphatic heterocycles. The van der Waals surface area contributed by atoms with Gasteiger partial charge in [-0.25, -0.2) is 0 Å². The first-order chi connectivity index (χ1) is 14.6. The predicted octanol–water partition coefficient (Wildman–Crippen LogP) is 5.92. The minimum absolute atomic E-state index is 0.0630. The van der Waals surface area contributed by atoms with E-state index in [-0.39, 0.29) is 35.5 Å². The number of hydrogen-bond acceptors (Lipinski definition) is 2. The lowest BCUT2D eigenvalue weighted by Gasteiger charge is -2.37. The number of fused-ring (bicyclic) bond motifs is 1. The lowest BCUT2D eigenvalue weighted by molar-refractivity contribution is -0.122. The lowest BCUT2D eigenvalue weighted by Crippen LogP contribution is -2.34. The molecule has 0 bridgehead atoms. The Labute approximate surface area is 184 Å². The highest BCUT2D eigenvalue weighted by atomic mass is 79.9. The number of imide groups is 1. The molecule has 150 valence electrons. The Morgan fingerprint density at radius 1 is 0.633 bits per heavy atom. The number of rotatable bonds is 3. The van der Waals surface area contributed by atoms with Gasteiger partial charge in [-0.15, -0.1) is 0 Å². The molecule has 0 N–H and O–H groups in total. The minimum Gasteiger partial charge on any atom is -0.274 e. The summed E-state index contributed by atoms with van der Waals surface area (Å²) in [4.78, 5) is 28.8. The van der Waals surface area contributed by atoms with Crippen molar-refractivity contribution >= 4 is 33.4 Å². The normalized spacial score (nSPS) is 26.0. The number of nitrogens with zero attached hydrogens (tertiary/aromatic N) is 1. The highest BCUT2D eigenvalue weighted by Gasteiger charge is 2.56. The van der Waals surface area contributed by atoms with E-state index in [1.54, 1.807) is 0 Å². The van der Waals surface area contributed by atoms with Crippen LogP contribution in [0.3, 0.4) is 0 Å². The van der Waals surface area contributed by atoms with Gasteiger partial charge in [-0.2, -0.15) is 0 Å². The smallest absolute Gasteiger partial charge is 0.238 e. The van der Waals surface area contributed by atoms with Crippen molar-refractivity contribution in [1.29, 1.82) is 0 Å². The van der Waals surface area contributed by atoms with Crippen LogP contribution in [-0.2, 0) is 9.59 Å². The van der Waals surface area contributed by atoms with E-state index < -0.39 is 0 Å². The Morgan fingerprint density at radius 3 is 1.50 bits per heavy atom. The summed E-state index contributed by atoms with van der Waals surface area (Å²) < 4.78 is 0.923. The molecule has 2 fully saturated rings. The number of carbonyl (C=O) groups excluding carboxylic acids is 2. The van der Waals surface area contributed by atoms with Crippen LogP contribution in [0.4, 0.5) is 5.69 Å². The van der Waals surface area contributed by atoms with Crippen LogP contribution in [0.5, 0.6) is 0 Å². The van der Waals surface area contributed by atoms with Gasteiger partial charge >= 0.3 is 0 Å². The second-order valence-corrected chi connectivity index (χ2v) is 9.07. The van der Waals surface area contributed by atoms with Crippen LogP contribution in [0.2, 0.25) is 0 Å². The highest BCUT2D eigenvalue weighted by Crippen LogP contribution is 2.53. The van der Waals surface area contributed by atoms with E-state index in [1.165, 1.54) is 4.90 Å². The van der Waals surface area contributed by atoms with Gasteiger partial charge in [-0.1, -0.05) is 76.6 Å². The van der Waals surface area contributed by atoms with Crippen molar-refractivity contribution in [2.75, 3.05) is 4.90 Å². The molecule has 3 aromatic carbocycles. The van der Waals surface area contributed by atoms with Crippen LogP contribution < -0.4 is 4.90 Å². The summed E-state index contributed by atoms with van der Waals surface area (Å²) in [5.41, 5.74) is 2.96. The van der Waals surface area contributed by atoms with Crippen molar-refractivity contribution in [1.82, 2.24) is 0 Å². The highest BCUT2D eigenvalue weighted by molar-refractivity contribution is 9.10. The molecule has 0 unspecified atom stereocenters. The summed E-state index contributed by atoms with van der Waals surface area (Å²) >= 11 is 3.44. The minimum atomic E-state index is -0.331. The fraction of sp³-hybridized carbons (Fsp3) is 0.231. The third-order valence-electron chi connectivity index (χ3n) is 6.59. The van der Waals surface area contributed by atoms with Crippen LogP contribution in [0.15, 0.2) is 89.4 Å². The summed E-state index contributed by atoms with van der Waals surface area (Å²) in [6.07, 6.45) is 1.80. The van der Waals surface area contributed by atoms with Crippen molar-refractivity contribution in [3.63, 3.8) is 0 Å². The van der Waals surface area contributed by atoms with Gasteiger partial charge in [0.15, 0.2) is 0 Å². The first-order valence-electron chi connectivity index (χ1n) is 10.4. The molecule has 0 spiro atoms. The molecule has 4 heteroatoms. The van der Waals surface area contributed by atoms with Gasteiger partial charge in [0.05, 0.1) is 17.5 Å². The first kappa shape index (κ1) is 19.3. The van der Waals surface area contributed by atoms with Crippen LogP contribution in [0.1, 0.15) is 35.8 Å². The predicted molar refractivity (Wildman–Crippen MR) is 121 cm³/mol. The number of anilines is 1. The number of amides is 2. The van der Waals surface area contributed by atoms with Gasteiger partial charge in [0.1, 0.15) is 0 Å². The SMILES string of the molecule is O=C1[C@H]2[C@H](C(=O)N1c1ccc(Br)cc1)[C@H](c1ccccc1)CC[C@@H]2c1ccccc1. The molecule has 1 aliphatic carbocycles. The zero-order valence-corrected chi connectivity index (χ0v) is 18.0. The first-order valence-corrected chi connectivity index (χ1v) is 11.2. The molecular formula is C26H22BrNO2. The van der Waals surface area contributed by atoms with Crippen LogP contribution >= 0.6 is 15.9 Å². The molecule has 2 aliphatic rings. The van der Waals surface area contributed by atoms with E-state index in [1.807, 2.05) is 60.7 Å². The quantitative estimate of drug-likeness (QED) is 0.456. The monoisotopic (exact) mass is 459 g/mol. The number of halogens is 1. The zero-order valence-electron chi connectivity index (χ0n) is 16.4. The van der Waals surface area contributed by atoms with Crippen LogP contribution in [0.25, 0.3) is 0 Å². The van der Waals surface area contributed by atoms with Gasteiger partial charge in [0.25, 0.3) is 0 Å². The van der Waals surface area contributed by atoms with Gasteiger partial charge in [0.2, 0.25) is 11.8 Å². The average Bonchev–Trinajstić information content (AvgIpc) is 3.06. The van der Waals surface area contributed by atoms with Gasteiger partial charge in [-0.3, -0.25) is 14.5 Å². The maximum absolute atomic E-state index is 13.7. The zero-order chi connectivity index (χ0) is 20.7. The third-order valence-corrected chi connectivity index (χ3v) is 7.12. The molecule has 30 heavy (non-hydrogen) atoms. The molecule has 1 saturated carbocycles. The third kappa shape index (κ3) is 3.20. The fourth-order valence-corrected chi connectivity index (χ4v) is 5.53. The largest absolute Gasteiger partial charge is 0.274 e. The van der Waals surface area contributed by atoms with Crippen molar-refractivity contribution < 1.29 is 9.59 Å². The van der Waals surface area contributed by atoms with E-state index in [4.69, 9.17) is 0 Å². The Balaban J connectivity index is 1.60. The second-order valence-electron chi connectivity index (χ2n) is 8.15. The van der Waals surface area contributed by atoms with E-state index >= 15 is 0 Å². The molecule has 4 atom stereocenters.